The molecule has 0 bridgehead atoms. The number of carboxylic acids is 1. The molecule has 0 aliphatic carbocycles. The van der Waals surface area contributed by atoms with E-state index in [9.17, 15) is 13.2 Å². The molecule has 3 rings (SSSR count). The molecule has 128 valence electrons. The van der Waals surface area contributed by atoms with E-state index in [0.717, 1.165) is 6.07 Å². The van der Waals surface area contributed by atoms with Crippen molar-refractivity contribution in [1.82, 2.24) is 0 Å². The van der Waals surface area contributed by atoms with Crippen LogP contribution in [-0.4, -0.2) is 19.5 Å². The van der Waals surface area contributed by atoms with Crippen LogP contribution in [0.3, 0.4) is 0 Å². The molecule has 1 aromatic heterocycles. The van der Waals surface area contributed by atoms with Crippen LogP contribution >= 0.6 is 0 Å². The summed E-state index contributed by atoms with van der Waals surface area (Å²) in [5.41, 5.74) is 0.367. The number of anilines is 1. The number of nitrogens with zero attached hydrogens (tertiary/aromatic N) is 1. The minimum atomic E-state index is -3.98. The van der Waals surface area contributed by atoms with Crippen LogP contribution in [0.15, 0.2) is 82.3 Å². The lowest BCUT2D eigenvalue weighted by Gasteiger charge is -2.23. The van der Waals surface area contributed by atoms with Crippen LogP contribution in [0.4, 0.5) is 5.69 Å². The van der Waals surface area contributed by atoms with Gasteiger partial charge in [0.05, 0.1) is 29.0 Å². The summed E-state index contributed by atoms with van der Waals surface area (Å²) in [6.45, 7) is -0.00333. The minimum absolute atomic E-state index is 0.00333. The first-order valence-electron chi connectivity index (χ1n) is 7.42. The fourth-order valence-electron chi connectivity index (χ4n) is 2.37. The molecule has 0 aliphatic rings. The van der Waals surface area contributed by atoms with Gasteiger partial charge in [0.2, 0.25) is 0 Å². The van der Waals surface area contributed by atoms with Crippen molar-refractivity contribution in [3.05, 3.63) is 84.3 Å². The molecule has 0 amide bonds. The third-order valence-corrected chi connectivity index (χ3v) is 5.36. The van der Waals surface area contributed by atoms with Crippen molar-refractivity contribution < 1.29 is 22.7 Å². The first kappa shape index (κ1) is 16.8. The molecule has 3 aromatic rings. The summed E-state index contributed by atoms with van der Waals surface area (Å²) in [5.74, 6) is -0.712. The summed E-state index contributed by atoms with van der Waals surface area (Å²) in [5, 5.41) is 9.11. The van der Waals surface area contributed by atoms with E-state index in [2.05, 4.69) is 0 Å². The van der Waals surface area contributed by atoms with E-state index < -0.39 is 16.0 Å². The number of hydrogen-bond donors (Lipinski definition) is 1. The number of carbonyl (C=O) groups is 1. The molecule has 6 nitrogen and oxygen atoms in total. The number of aromatic carboxylic acids is 1. The molecule has 1 heterocycles. The second-order valence-corrected chi connectivity index (χ2v) is 7.12. The number of furan rings is 1. The van der Waals surface area contributed by atoms with Gasteiger partial charge in [-0.05, 0) is 42.5 Å². The highest BCUT2D eigenvalue weighted by Gasteiger charge is 2.26. The molecular formula is C18H15NO5S. The Kier molecular flexibility index (Phi) is 4.58. The zero-order chi connectivity index (χ0) is 17.9. The van der Waals surface area contributed by atoms with E-state index in [-0.39, 0.29) is 17.0 Å². The maximum Gasteiger partial charge on any atom is 0.335 e. The Morgan fingerprint density at radius 2 is 1.76 bits per heavy atom. The Balaban J connectivity index is 2.08. The van der Waals surface area contributed by atoms with Gasteiger partial charge in [-0.1, -0.05) is 24.3 Å². The van der Waals surface area contributed by atoms with Crippen LogP contribution in [0.2, 0.25) is 0 Å². The van der Waals surface area contributed by atoms with Crippen LogP contribution in [0, 0.1) is 0 Å². The van der Waals surface area contributed by atoms with Gasteiger partial charge in [0.25, 0.3) is 10.0 Å². The lowest BCUT2D eigenvalue weighted by atomic mass is 10.2. The second kappa shape index (κ2) is 6.82. The topological polar surface area (TPSA) is 87.8 Å². The van der Waals surface area contributed by atoms with Crippen LogP contribution < -0.4 is 4.31 Å². The van der Waals surface area contributed by atoms with E-state index >= 15 is 0 Å². The summed E-state index contributed by atoms with van der Waals surface area (Å²) in [6.07, 6.45) is 1.47. The first-order chi connectivity index (χ1) is 12.0. The van der Waals surface area contributed by atoms with Gasteiger partial charge in [-0.25, -0.2) is 13.2 Å². The average molecular weight is 357 g/mol. The summed E-state index contributed by atoms with van der Waals surface area (Å²) < 4.78 is 32.7. The van der Waals surface area contributed by atoms with Crippen molar-refractivity contribution in [2.75, 3.05) is 4.31 Å². The van der Waals surface area contributed by atoms with E-state index in [1.165, 1.54) is 28.8 Å². The van der Waals surface area contributed by atoms with Gasteiger partial charge in [-0.2, -0.15) is 0 Å². The summed E-state index contributed by atoms with van der Waals surface area (Å²) in [4.78, 5) is 11.1. The lowest BCUT2D eigenvalue weighted by molar-refractivity contribution is 0.0696. The van der Waals surface area contributed by atoms with Gasteiger partial charge in [0.1, 0.15) is 5.76 Å². The fraction of sp³-hybridized carbons (Fsp3) is 0.0556. The van der Waals surface area contributed by atoms with Crippen molar-refractivity contribution >= 4 is 21.7 Å². The molecule has 0 unspecified atom stereocenters. The number of benzene rings is 2. The molecule has 7 heteroatoms. The van der Waals surface area contributed by atoms with Gasteiger partial charge in [-0.3, -0.25) is 4.31 Å². The van der Waals surface area contributed by atoms with Crippen molar-refractivity contribution in [3.63, 3.8) is 0 Å². The van der Waals surface area contributed by atoms with Gasteiger partial charge in [-0.15, -0.1) is 0 Å². The summed E-state index contributed by atoms with van der Waals surface area (Å²) in [6, 6.07) is 17.2. The van der Waals surface area contributed by atoms with E-state index in [1.54, 1.807) is 42.5 Å². The Morgan fingerprint density at radius 1 is 1.00 bits per heavy atom. The third kappa shape index (κ3) is 3.56. The molecule has 0 aliphatic heterocycles. The molecule has 0 saturated carbocycles. The molecule has 0 atom stereocenters. The summed E-state index contributed by atoms with van der Waals surface area (Å²) in [7, 11) is -3.98. The van der Waals surface area contributed by atoms with Crippen LogP contribution in [0.1, 0.15) is 16.1 Å². The van der Waals surface area contributed by atoms with E-state index in [1.807, 2.05) is 0 Å². The predicted molar refractivity (Wildman–Crippen MR) is 91.9 cm³/mol. The number of rotatable bonds is 6. The van der Waals surface area contributed by atoms with Crippen molar-refractivity contribution in [1.29, 1.82) is 0 Å². The van der Waals surface area contributed by atoms with E-state index in [0.29, 0.717) is 11.4 Å². The highest BCUT2D eigenvalue weighted by molar-refractivity contribution is 7.92. The number of carboxylic acid groups (broad SMARTS) is 1. The zero-order valence-electron chi connectivity index (χ0n) is 13.1. The molecule has 0 saturated heterocycles. The molecule has 25 heavy (non-hydrogen) atoms. The first-order valence-corrected chi connectivity index (χ1v) is 8.86. The van der Waals surface area contributed by atoms with Gasteiger partial charge >= 0.3 is 5.97 Å². The standard InChI is InChI=1S/C18H15NO5S/c20-18(21)14-6-4-10-17(12-14)25(22,23)19(13-16-9-5-11-24-16)15-7-2-1-3-8-15/h1-12H,13H2,(H,20,21). The van der Waals surface area contributed by atoms with Gasteiger partial charge in [0.15, 0.2) is 0 Å². The minimum Gasteiger partial charge on any atom is -0.478 e. The van der Waals surface area contributed by atoms with Crippen LogP contribution in [-0.2, 0) is 16.6 Å². The second-order valence-electron chi connectivity index (χ2n) is 5.26. The largest absolute Gasteiger partial charge is 0.478 e. The Morgan fingerprint density at radius 3 is 2.40 bits per heavy atom. The maximum absolute atomic E-state index is 13.1. The van der Waals surface area contributed by atoms with Crippen molar-refractivity contribution in [2.24, 2.45) is 0 Å². The normalized spacial score (nSPS) is 11.2. The number of hydrogen-bond acceptors (Lipinski definition) is 4. The summed E-state index contributed by atoms with van der Waals surface area (Å²) >= 11 is 0. The number of para-hydroxylation sites is 1. The van der Waals surface area contributed by atoms with Crippen molar-refractivity contribution in [3.8, 4) is 0 Å². The van der Waals surface area contributed by atoms with Crippen LogP contribution in [0.5, 0.6) is 0 Å². The monoisotopic (exact) mass is 357 g/mol. The van der Waals surface area contributed by atoms with Crippen LogP contribution in [0.25, 0.3) is 0 Å². The smallest absolute Gasteiger partial charge is 0.335 e. The molecule has 0 radical (unpaired) electrons. The maximum atomic E-state index is 13.1. The highest BCUT2D eigenvalue weighted by Crippen LogP contribution is 2.26. The van der Waals surface area contributed by atoms with E-state index in [4.69, 9.17) is 9.52 Å². The zero-order valence-corrected chi connectivity index (χ0v) is 13.9. The fourth-order valence-corrected chi connectivity index (χ4v) is 3.85. The Labute approximate surface area is 145 Å². The lowest BCUT2D eigenvalue weighted by Crippen LogP contribution is -2.30. The van der Waals surface area contributed by atoms with Gasteiger partial charge < -0.3 is 9.52 Å². The quantitative estimate of drug-likeness (QED) is 0.731. The molecule has 0 spiro atoms. The number of sulfonamides is 1. The van der Waals surface area contributed by atoms with Crippen molar-refractivity contribution in [2.45, 2.75) is 11.4 Å². The van der Waals surface area contributed by atoms with Gasteiger partial charge in [0, 0.05) is 0 Å². The highest BCUT2D eigenvalue weighted by atomic mass is 32.2. The Bertz CT molecular complexity index is 966. The molecule has 1 N–H and O–H groups in total. The third-order valence-electron chi connectivity index (χ3n) is 3.59. The Hall–Kier alpha value is -3.06. The molecular weight excluding hydrogens is 342 g/mol. The molecule has 0 fully saturated rings. The average Bonchev–Trinajstić information content (AvgIpc) is 3.13. The molecule has 2 aromatic carbocycles. The SMILES string of the molecule is O=C(O)c1cccc(S(=O)(=O)N(Cc2ccco2)c2ccccc2)c1. The predicted octanol–water partition coefficient (Wildman–Crippen LogP) is 3.37.